The minimum atomic E-state index is -2.68. The molecule has 0 fully saturated rings. The Kier molecular flexibility index (Phi) is 6.06. The van der Waals surface area contributed by atoms with Gasteiger partial charge in [-0.05, 0) is 53.4 Å². The third kappa shape index (κ3) is 5.22. The molecule has 0 amide bonds. The van der Waals surface area contributed by atoms with Crippen molar-refractivity contribution >= 4 is 8.25 Å². The summed E-state index contributed by atoms with van der Waals surface area (Å²) in [6.45, 7) is 17.3. The zero-order valence-corrected chi connectivity index (χ0v) is 16.2. The molecule has 0 heterocycles. The Morgan fingerprint density at radius 2 is 1.64 bits per heavy atom. The van der Waals surface area contributed by atoms with Gasteiger partial charge in [0.15, 0.2) is 0 Å². The van der Waals surface area contributed by atoms with Crippen LogP contribution in [0, 0.1) is 10.8 Å². The monoisotopic (exact) mass is 326 g/mol. The van der Waals surface area contributed by atoms with E-state index in [0.29, 0.717) is 10.8 Å². The first kappa shape index (κ1) is 19.4. The van der Waals surface area contributed by atoms with Crippen LogP contribution in [0.4, 0.5) is 0 Å². The molecule has 1 atom stereocenters. The number of fused-ring (bicyclic) bond motifs is 2. The topological polar surface area (TPSA) is 46.5 Å². The van der Waals surface area contributed by atoms with Gasteiger partial charge < -0.3 is 9.42 Å². The second-order valence-electron chi connectivity index (χ2n) is 8.28. The molecular formula is C18H31O3P. The Morgan fingerprint density at radius 3 is 1.91 bits per heavy atom. The third-order valence-electron chi connectivity index (χ3n) is 3.64. The molecule has 2 aliphatic carbocycles. The SMILES string of the molecule is CC(C)(C)C1=CC2=CC(C(C)(C)C)=C1C2.CC(C)O[PH](=O)O. The number of allylic oxidation sites excluding steroid dienone is 6. The van der Waals surface area contributed by atoms with Crippen molar-refractivity contribution in [1.29, 1.82) is 0 Å². The summed E-state index contributed by atoms with van der Waals surface area (Å²) in [4.78, 5) is 8.05. The molecule has 0 aromatic rings. The third-order valence-corrected chi connectivity index (χ3v) is 4.32. The van der Waals surface area contributed by atoms with Crippen LogP contribution in [0.15, 0.2) is 34.4 Å². The minimum Gasteiger partial charge on any atom is -0.326 e. The maximum Gasteiger partial charge on any atom is 0.316 e. The fraction of sp³-hybridized carbons (Fsp3) is 0.667. The van der Waals surface area contributed by atoms with Crippen LogP contribution in [0.2, 0.25) is 0 Å². The zero-order valence-electron chi connectivity index (χ0n) is 15.2. The highest BCUT2D eigenvalue weighted by Gasteiger charge is 2.34. The second kappa shape index (κ2) is 6.86. The lowest BCUT2D eigenvalue weighted by molar-refractivity contribution is 0.222. The standard InChI is InChI=1S/C15H22.C3H9O3P/c1-14(2,3)12-8-10-7-11(12)13(9-10)15(4,5)6;1-3(2)6-7(4)5/h8-9H,7H2,1-6H3;3,7H,1-2H3,(H,4,5). The number of rotatable bonds is 2. The van der Waals surface area contributed by atoms with E-state index < -0.39 is 8.25 Å². The van der Waals surface area contributed by atoms with Crippen LogP contribution >= 0.6 is 8.25 Å². The molecule has 2 bridgehead atoms. The van der Waals surface area contributed by atoms with Crippen LogP contribution in [0.1, 0.15) is 61.8 Å². The summed E-state index contributed by atoms with van der Waals surface area (Å²) >= 11 is 0. The Bertz CT molecular complexity index is 538. The van der Waals surface area contributed by atoms with Gasteiger partial charge in [-0.25, -0.2) is 0 Å². The first-order valence-corrected chi connectivity index (χ1v) is 9.15. The van der Waals surface area contributed by atoms with Crippen LogP contribution in [0.5, 0.6) is 0 Å². The summed E-state index contributed by atoms with van der Waals surface area (Å²) < 4.78 is 14.1. The van der Waals surface area contributed by atoms with E-state index in [0.717, 1.165) is 0 Å². The molecule has 126 valence electrons. The van der Waals surface area contributed by atoms with Gasteiger partial charge in [-0.2, -0.15) is 0 Å². The van der Waals surface area contributed by atoms with Crippen molar-refractivity contribution in [3.05, 3.63) is 34.4 Å². The minimum absolute atomic E-state index is 0.142. The van der Waals surface area contributed by atoms with Crippen molar-refractivity contribution in [2.24, 2.45) is 10.8 Å². The fourth-order valence-electron chi connectivity index (χ4n) is 2.77. The van der Waals surface area contributed by atoms with Gasteiger partial charge in [-0.3, -0.25) is 4.57 Å². The van der Waals surface area contributed by atoms with Gasteiger partial charge >= 0.3 is 8.25 Å². The molecule has 1 unspecified atom stereocenters. The first-order valence-electron chi connectivity index (χ1n) is 7.88. The zero-order chi connectivity index (χ0) is 17.3. The predicted octanol–water partition coefficient (Wildman–Crippen LogP) is 5.44. The Labute approximate surface area is 136 Å². The molecule has 0 saturated heterocycles. The first-order chi connectivity index (χ1) is 9.82. The normalized spacial score (nSPS) is 19.0. The van der Waals surface area contributed by atoms with Crippen molar-refractivity contribution in [2.45, 2.75) is 67.9 Å². The Hall–Kier alpha value is -0.630. The smallest absolute Gasteiger partial charge is 0.316 e. The summed E-state index contributed by atoms with van der Waals surface area (Å²) in [7, 11) is -2.68. The predicted molar refractivity (Wildman–Crippen MR) is 94.2 cm³/mol. The van der Waals surface area contributed by atoms with Crippen molar-refractivity contribution in [3.63, 3.8) is 0 Å². The van der Waals surface area contributed by atoms with Gasteiger partial charge in [-0.1, -0.05) is 53.7 Å². The highest BCUT2D eigenvalue weighted by molar-refractivity contribution is 7.32. The molecule has 4 heteroatoms. The van der Waals surface area contributed by atoms with Crippen molar-refractivity contribution in [1.82, 2.24) is 0 Å². The van der Waals surface area contributed by atoms with Crippen molar-refractivity contribution in [2.75, 3.05) is 0 Å². The average molecular weight is 326 g/mol. The average Bonchev–Trinajstić information content (AvgIpc) is 2.84. The summed E-state index contributed by atoms with van der Waals surface area (Å²) in [6.07, 6.45) is 5.82. The molecule has 0 aromatic heterocycles. The lowest BCUT2D eigenvalue weighted by Gasteiger charge is -2.28. The van der Waals surface area contributed by atoms with Gasteiger partial charge in [0.05, 0.1) is 6.10 Å². The van der Waals surface area contributed by atoms with E-state index in [1.165, 1.54) is 12.0 Å². The van der Waals surface area contributed by atoms with Crippen LogP contribution in [0.3, 0.4) is 0 Å². The van der Waals surface area contributed by atoms with E-state index in [9.17, 15) is 4.57 Å². The van der Waals surface area contributed by atoms with Crippen molar-refractivity contribution < 1.29 is 14.0 Å². The molecule has 0 saturated carbocycles. The fourth-order valence-corrected chi connectivity index (χ4v) is 3.17. The highest BCUT2D eigenvalue weighted by Crippen LogP contribution is 2.50. The molecule has 0 radical (unpaired) electrons. The molecule has 22 heavy (non-hydrogen) atoms. The van der Waals surface area contributed by atoms with Gasteiger partial charge in [0, 0.05) is 0 Å². The lowest BCUT2D eigenvalue weighted by atomic mass is 9.76. The summed E-state index contributed by atoms with van der Waals surface area (Å²) in [6, 6.07) is 0. The van der Waals surface area contributed by atoms with Gasteiger partial charge in [-0.15, -0.1) is 0 Å². The Morgan fingerprint density at radius 1 is 1.09 bits per heavy atom. The molecule has 2 rings (SSSR count). The Balaban J connectivity index is 0.000000295. The molecule has 3 nitrogen and oxygen atoms in total. The van der Waals surface area contributed by atoms with Crippen LogP contribution in [-0.4, -0.2) is 11.0 Å². The number of hydrogen-bond donors (Lipinski definition) is 1. The van der Waals surface area contributed by atoms with Crippen LogP contribution in [0.25, 0.3) is 0 Å². The molecule has 2 aliphatic rings. The van der Waals surface area contributed by atoms with E-state index >= 15 is 0 Å². The maximum absolute atomic E-state index is 9.77. The van der Waals surface area contributed by atoms with E-state index in [2.05, 4.69) is 58.2 Å². The summed E-state index contributed by atoms with van der Waals surface area (Å²) in [5.41, 5.74) is 6.82. The quantitative estimate of drug-likeness (QED) is 0.687. The van der Waals surface area contributed by atoms with Crippen LogP contribution in [-0.2, 0) is 9.09 Å². The molecule has 0 spiro atoms. The maximum atomic E-state index is 9.77. The number of hydrogen-bond acceptors (Lipinski definition) is 2. The van der Waals surface area contributed by atoms with Gasteiger partial charge in [0.2, 0.25) is 0 Å². The van der Waals surface area contributed by atoms with E-state index in [1.54, 1.807) is 30.6 Å². The van der Waals surface area contributed by atoms with Crippen molar-refractivity contribution in [3.8, 4) is 0 Å². The van der Waals surface area contributed by atoms with E-state index in [1.807, 2.05) is 0 Å². The van der Waals surface area contributed by atoms with Gasteiger partial charge in [0.1, 0.15) is 0 Å². The summed E-state index contributed by atoms with van der Waals surface area (Å²) in [5.74, 6) is 0. The lowest BCUT2D eigenvalue weighted by Crippen LogP contribution is -2.15. The van der Waals surface area contributed by atoms with Crippen LogP contribution < -0.4 is 0 Å². The second-order valence-corrected chi connectivity index (χ2v) is 9.05. The largest absolute Gasteiger partial charge is 0.326 e. The highest BCUT2D eigenvalue weighted by atomic mass is 31.1. The van der Waals surface area contributed by atoms with Gasteiger partial charge in [0.25, 0.3) is 0 Å². The molecular weight excluding hydrogens is 295 g/mol. The van der Waals surface area contributed by atoms with E-state index in [-0.39, 0.29) is 6.10 Å². The molecule has 0 aliphatic heterocycles. The molecule has 1 N–H and O–H groups in total. The molecule has 0 aromatic carbocycles. The van der Waals surface area contributed by atoms with E-state index in [4.69, 9.17) is 4.89 Å². The summed E-state index contributed by atoms with van der Waals surface area (Å²) in [5, 5.41) is 0.